The van der Waals surface area contributed by atoms with Gasteiger partial charge >= 0.3 is 6.03 Å². The monoisotopic (exact) mass is 289 g/mol. The van der Waals surface area contributed by atoms with Crippen LogP contribution in [0.15, 0.2) is 30.3 Å². The van der Waals surface area contributed by atoms with Crippen LogP contribution in [0.1, 0.15) is 23.7 Å². The van der Waals surface area contributed by atoms with E-state index in [1.807, 2.05) is 42.2 Å². The summed E-state index contributed by atoms with van der Waals surface area (Å²) in [5, 5.41) is 2.89. The summed E-state index contributed by atoms with van der Waals surface area (Å²) < 4.78 is 0. The minimum atomic E-state index is 0.00545. The molecule has 5 nitrogen and oxygen atoms in total. The molecule has 0 aliphatic carbocycles. The van der Waals surface area contributed by atoms with Crippen molar-refractivity contribution in [2.45, 2.75) is 13.3 Å². The van der Waals surface area contributed by atoms with Gasteiger partial charge in [-0.2, -0.15) is 0 Å². The summed E-state index contributed by atoms with van der Waals surface area (Å²) in [7, 11) is 0. The van der Waals surface area contributed by atoms with E-state index in [0.29, 0.717) is 26.2 Å². The lowest BCUT2D eigenvalue weighted by molar-refractivity contribution is 0.0878. The lowest BCUT2D eigenvalue weighted by Crippen LogP contribution is -2.52. The molecule has 1 saturated heterocycles. The molecule has 5 heteroatoms. The Morgan fingerprint density at radius 2 is 1.76 bits per heavy atom. The van der Waals surface area contributed by atoms with Gasteiger partial charge in [0, 0.05) is 38.3 Å². The van der Waals surface area contributed by atoms with E-state index in [-0.39, 0.29) is 11.8 Å². The van der Waals surface area contributed by atoms with E-state index in [1.165, 1.54) is 0 Å². The number of hydrogen-bond acceptors (Lipinski definition) is 3. The van der Waals surface area contributed by atoms with Crippen molar-refractivity contribution in [1.82, 2.24) is 15.1 Å². The first-order valence-corrected chi connectivity index (χ1v) is 7.54. The summed E-state index contributed by atoms with van der Waals surface area (Å²) in [5.74, 6) is 0.138. The zero-order chi connectivity index (χ0) is 15.1. The van der Waals surface area contributed by atoms with Gasteiger partial charge in [-0.15, -0.1) is 0 Å². The summed E-state index contributed by atoms with van der Waals surface area (Å²) in [5.41, 5.74) is 0.751. The third-order valence-electron chi connectivity index (χ3n) is 3.65. The fraction of sp³-hybridized carbons (Fsp3) is 0.500. The lowest BCUT2D eigenvalue weighted by atomic mass is 10.1. The van der Waals surface area contributed by atoms with Crippen molar-refractivity contribution < 1.29 is 9.59 Å². The van der Waals surface area contributed by atoms with Crippen molar-refractivity contribution in [1.29, 1.82) is 0 Å². The number of rotatable bonds is 5. The third kappa shape index (κ3) is 4.56. The quantitative estimate of drug-likeness (QED) is 0.838. The lowest BCUT2D eigenvalue weighted by Gasteiger charge is -2.34. The van der Waals surface area contributed by atoms with E-state index in [0.717, 1.165) is 25.1 Å². The molecule has 0 atom stereocenters. The minimum Gasteiger partial charge on any atom is -0.338 e. The van der Waals surface area contributed by atoms with Crippen LogP contribution in [0.25, 0.3) is 0 Å². The van der Waals surface area contributed by atoms with Gasteiger partial charge in [-0.05, 0) is 6.42 Å². The average molecular weight is 289 g/mol. The SMILES string of the molecule is CCCNC(=O)N1CCN(CC(=O)c2ccccc2)CC1. The van der Waals surface area contributed by atoms with Gasteiger partial charge in [-0.3, -0.25) is 9.69 Å². The summed E-state index contributed by atoms with van der Waals surface area (Å²) in [6, 6.07) is 9.36. The molecule has 1 aliphatic heterocycles. The summed E-state index contributed by atoms with van der Waals surface area (Å²) in [4.78, 5) is 27.9. The normalized spacial score (nSPS) is 15.8. The molecular formula is C16H23N3O2. The average Bonchev–Trinajstić information content (AvgIpc) is 2.54. The number of nitrogens with one attached hydrogen (secondary N) is 1. The largest absolute Gasteiger partial charge is 0.338 e. The zero-order valence-corrected chi connectivity index (χ0v) is 12.5. The van der Waals surface area contributed by atoms with Crippen molar-refractivity contribution in [2.75, 3.05) is 39.3 Å². The van der Waals surface area contributed by atoms with Crippen molar-refractivity contribution in [3.8, 4) is 0 Å². The van der Waals surface area contributed by atoms with Gasteiger partial charge in [0.05, 0.1) is 6.54 Å². The Hall–Kier alpha value is -1.88. The highest BCUT2D eigenvalue weighted by Crippen LogP contribution is 2.06. The van der Waals surface area contributed by atoms with Crippen LogP contribution in [0.2, 0.25) is 0 Å². The standard InChI is InChI=1S/C16H23N3O2/c1-2-8-17-16(21)19-11-9-18(10-12-19)13-15(20)14-6-4-3-5-7-14/h3-7H,2,8-13H2,1H3,(H,17,21). The van der Waals surface area contributed by atoms with E-state index >= 15 is 0 Å². The van der Waals surface area contributed by atoms with Crippen molar-refractivity contribution in [3.63, 3.8) is 0 Å². The Morgan fingerprint density at radius 1 is 1.10 bits per heavy atom. The Labute approximate surface area is 125 Å². The molecule has 1 fully saturated rings. The van der Waals surface area contributed by atoms with Gasteiger partial charge in [0.1, 0.15) is 0 Å². The van der Waals surface area contributed by atoms with Crippen LogP contribution < -0.4 is 5.32 Å². The second-order valence-corrected chi connectivity index (χ2v) is 5.28. The summed E-state index contributed by atoms with van der Waals surface area (Å²) >= 11 is 0. The molecule has 1 aromatic rings. The van der Waals surface area contributed by atoms with Crippen molar-refractivity contribution >= 4 is 11.8 Å². The van der Waals surface area contributed by atoms with Crippen LogP contribution in [0.4, 0.5) is 4.79 Å². The predicted molar refractivity (Wildman–Crippen MR) is 82.5 cm³/mol. The number of amides is 2. The van der Waals surface area contributed by atoms with E-state index in [1.54, 1.807) is 0 Å². The third-order valence-corrected chi connectivity index (χ3v) is 3.65. The number of piperazine rings is 1. The van der Waals surface area contributed by atoms with Crippen LogP contribution in [-0.4, -0.2) is 60.9 Å². The molecule has 1 N–H and O–H groups in total. The number of urea groups is 1. The maximum Gasteiger partial charge on any atom is 0.317 e. The number of hydrogen-bond donors (Lipinski definition) is 1. The molecule has 2 amide bonds. The highest BCUT2D eigenvalue weighted by molar-refractivity contribution is 5.97. The van der Waals surface area contributed by atoms with Gasteiger partial charge in [0.15, 0.2) is 5.78 Å². The highest BCUT2D eigenvalue weighted by atomic mass is 16.2. The van der Waals surface area contributed by atoms with Gasteiger partial charge < -0.3 is 10.2 Å². The molecule has 0 unspecified atom stereocenters. The molecular weight excluding hydrogens is 266 g/mol. The second-order valence-electron chi connectivity index (χ2n) is 5.28. The molecule has 0 spiro atoms. The number of Topliss-reactive ketones (excluding diaryl/α,β-unsaturated/α-hetero) is 1. The van der Waals surface area contributed by atoms with Crippen molar-refractivity contribution in [2.24, 2.45) is 0 Å². The number of nitrogens with zero attached hydrogens (tertiary/aromatic N) is 2. The number of carbonyl (C=O) groups is 2. The topological polar surface area (TPSA) is 52.7 Å². The van der Waals surface area contributed by atoms with E-state index < -0.39 is 0 Å². The minimum absolute atomic E-state index is 0.00545. The molecule has 114 valence electrons. The molecule has 0 radical (unpaired) electrons. The zero-order valence-electron chi connectivity index (χ0n) is 12.5. The van der Waals surface area contributed by atoms with E-state index in [2.05, 4.69) is 10.2 Å². The summed E-state index contributed by atoms with van der Waals surface area (Å²) in [6.07, 6.45) is 0.942. The van der Waals surface area contributed by atoms with Crippen LogP contribution in [0.5, 0.6) is 0 Å². The number of ketones is 1. The van der Waals surface area contributed by atoms with E-state index in [9.17, 15) is 9.59 Å². The fourth-order valence-corrected chi connectivity index (χ4v) is 2.37. The smallest absolute Gasteiger partial charge is 0.317 e. The molecule has 1 aromatic carbocycles. The first-order valence-electron chi connectivity index (χ1n) is 7.54. The van der Waals surface area contributed by atoms with Gasteiger partial charge in [-0.1, -0.05) is 37.3 Å². The predicted octanol–water partition coefficient (Wildman–Crippen LogP) is 1.61. The van der Waals surface area contributed by atoms with E-state index in [4.69, 9.17) is 0 Å². The maximum atomic E-state index is 12.1. The molecule has 1 aliphatic rings. The summed E-state index contributed by atoms with van der Waals surface area (Å²) in [6.45, 7) is 6.03. The number of carbonyl (C=O) groups excluding carboxylic acids is 2. The Bertz CT molecular complexity index is 468. The van der Waals surface area contributed by atoms with Crippen LogP contribution in [-0.2, 0) is 0 Å². The molecule has 0 aromatic heterocycles. The van der Waals surface area contributed by atoms with Gasteiger partial charge in [0.2, 0.25) is 0 Å². The van der Waals surface area contributed by atoms with Crippen LogP contribution in [0.3, 0.4) is 0 Å². The van der Waals surface area contributed by atoms with Crippen LogP contribution >= 0.6 is 0 Å². The second kappa shape index (κ2) is 7.78. The highest BCUT2D eigenvalue weighted by Gasteiger charge is 2.22. The molecule has 0 bridgehead atoms. The molecule has 21 heavy (non-hydrogen) atoms. The first-order chi connectivity index (χ1) is 10.2. The Morgan fingerprint density at radius 3 is 2.38 bits per heavy atom. The molecule has 0 saturated carbocycles. The fourth-order valence-electron chi connectivity index (χ4n) is 2.37. The maximum absolute atomic E-state index is 12.1. The Balaban J connectivity index is 1.77. The van der Waals surface area contributed by atoms with Gasteiger partial charge in [0.25, 0.3) is 0 Å². The van der Waals surface area contributed by atoms with Gasteiger partial charge in [-0.25, -0.2) is 4.79 Å². The first kappa shape index (κ1) is 15.5. The Kier molecular flexibility index (Phi) is 5.75. The van der Waals surface area contributed by atoms with Crippen molar-refractivity contribution in [3.05, 3.63) is 35.9 Å². The van der Waals surface area contributed by atoms with Crippen LogP contribution in [0, 0.1) is 0 Å². The number of benzene rings is 1. The molecule has 2 rings (SSSR count). The molecule has 1 heterocycles.